The number of carbonyl (C=O) groups is 2. The summed E-state index contributed by atoms with van der Waals surface area (Å²) in [6.07, 6.45) is 4.45. The topological polar surface area (TPSA) is 191 Å². The van der Waals surface area contributed by atoms with Crippen molar-refractivity contribution in [1.82, 2.24) is 30.1 Å². The number of hydrogen-bond acceptors (Lipinski definition) is 12. The molecule has 0 aliphatic carbocycles. The van der Waals surface area contributed by atoms with Gasteiger partial charge in [0.05, 0.1) is 39.3 Å². The Balaban J connectivity index is 2.06. The Bertz CT molecular complexity index is 1230. The molecule has 0 atom stereocenters. The third kappa shape index (κ3) is 4.95. The van der Waals surface area contributed by atoms with Gasteiger partial charge in [-0.05, 0) is 6.92 Å². The van der Waals surface area contributed by atoms with Gasteiger partial charge in [-0.2, -0.15) is 27.8 Å². The Labute approximate surface area is 187 Å². The molecule has 3 aromatic rings. The van der Waals surface area contributed by atoms with E-state index in [-0.39, 0.29) is 34.4 Å². The van der Waals surface area contributed by atoms with Crippen LogP contribution in [0.5, 0.6) is 11.8 Å². The molecule has 0 saturated carbocycles. The maximum atomic E-state index is 13.4. The number of aromatic nitrogens is 6. The van der Waals surface area contributed by atoms with Gasteiger partial charge >= 0.3 is 12.0 Å². The zero-order valence-corrected chi connectivity index (χ0v) is 18.4. The van der Waals surface area contributed by atoms with E-state index in [9.17, 15) is 18.0 Å². The van der Waals surface area contributed by atoms with Crippen LogP contribution in [0.4, 0.5) is 16.6 Å². The van der Waals surface area contributed by atoms with Crippen LogP contribution in [-0.2, 0) is 14.8 Å². The summed E-state index contributed by atoms with van der Waals surface area (Å²) in [5.74, 6) is -1.57. The second-order valence-electron chi connectivity index (χ2n) is 5.87. The van der Waals surface area contributed by atoms with Crippen LogP contribution in [0.1, 0.15) is 17.3 Å². The molecule has 3 rings (SSSR count). The monoisotopic (exact) mass is 478 g/mol. The largest absolute Gasteiger partial charge is 0.481 e. The minimum absolute atomic E-state index is 0.00707. The van der Waals surface area contributed by atoms with Crippen molar-refractivity contribution in [3.05, 3.63) is 36.4 Å². The first kappa shape index (κ1) is 23.3. The van der Waals surface area contributed by atoms with Crippen molar-refractivity contribution in [2.24, 2.45) is 0 Å². The Morgan fingerprint density at radius 1 is 1.12 bits per heavy atom. The normalized spacial score (nSPS) is 10.9. The Morgan fingerprint density at radius 2 is 1.82 bits per heavy atom. The fourth-order valence-corrected chi connectivity index (χ4v) is 3.83. The van der Waals surface area contributed by atoms with Crippen LogP contribution in [0.15, 0.2) is 35.9 Å². The number of ether oxygens (including phenoxy) is 3. The second-order valence-corrected chi connectivity index (χ2v) is 7.60. The lowest BCUT2D eigenvalue weighted by Crippen LogP contribution is -2.41. The number of anilines is 2. The van der Waals surface area contributed by atoms with Crippen molar-refractivity contribution in [2.75, 3.05) is 30.4 Å². The van der Waals surface area contributed by atoms with Crippen LogP contribution in [0.3, 0.4) is 0 Å². The highest BCUT2D eigenvalue weighted by Crippen LogP contribution is 2.25. The van der Waals surface area contributed by atoms with E-state index in [4.69, 9.17) is 14.2 Å². The molecule has 2 amide bonds. The molecule has 0 unspecified atom stereocenters. The third-order valence-electron chi connectivity index (χ3n) is 3.86. The van der Waals surface area contributed by atoms with Gasteiger partial charge in [-0.3, -0.25) is 15.4 Å². The fourth-order valence-electron chi connectivity index (χ4n) is 2.46. The first-order valence-electron chi connectivity index (χ1n) is 9.11. The third-order valence-corrected chi connectivity index (χ3v) is 5.52. The van der Waals surface area contributed by atoms with Crippen molar-refractivity contribution >= 4 is 33.8 Å². The first-order valence-corrected chi connectivity index (χ1v) is 10.6. The Hall–Kier alpha value is -4.34. The number of H-pyrrole nitrogens is 1. The molecule has 2 N–H and O–H groups in total. The number of aromatic amines is 1. The lowest BCUT2D eigenvalue weighted by atomic mass is 10.4. The highest BCUT2D eigenvalue weighted by Gasteiger charge is 2.37. The number of rotatable bonds is 8. The van der Waals surface area contributed by atoms with E-state index in [1.54, 1.807) is 6.92 Å². The van der Waals surface area contributed by atoms with Gasteiger partial charge in [-0.15, -0.1) is 0 Å². The van der Waals surface area contributed by atoms with E-state index >= 15 is 0 Å². The van der Waals surface area contributed by atoms with Gasteiger partial charge in [-0.1, -0.05) is 0 Å². The van der Waals surface area contributed by atoms with Crippen LogP contribution in [-0.4, -0.2) is 71.4 Å². The first-order chi connectivity index (χ1) is 15.8. The van der Waals surface area contributed by atoms with Crippen LogP contribution in [0, 0.1) is 0 Å². The van der Waals surface area contributed by atoms with Crippen molar-refractivity contribution in [1.29, 1.82) is 0 Å². The number of methoxy groups -OCH3 is 2. The molecule has 0 saturated heterocycles. The number of amides is 2. The number of carbonyl (C=O) groups excluding carboxylic acids is 2. The number of urea groups is 1. The average Bonchev–Trinajstić information content (AvgIpc) is 3.31. The lowest BCUT2D eigenvalue weighted by Gasteiger charge is -2.20. The van der Waals surface area contributed by atoms with Crippen molar-refractivity contribution < 1.29 is 32.2 Å². The summed E-state index contributed by atoms with van der Waals surface area (Å²) < 4.78 is 42.0. The SMILES string of the molecule is CCOC(=O)c1cn[nH]c1S(=O)(=O)N(C(=O)Nc1nc(OC)cc(OC)n1)c1cnccn1. The molecule has 0 bridgehead atoms. The zero-order chi connectivity index (χ0) is 24.0. The summed E-state index contributed by atoms with van der Waals surface area (Å²) in [4.78, 5) is 40.9. The van der Waals surface area contributed by atoms with E-state index in [2.05, 4.69) is 35.5 Å². The van der Waals surface area contributed by atoms with E-state index in [1.165, 1.54) is 32.7 Å². The van der Waals surface area contributed by atoms with Crippen molar-refractivity contribution in [3.63, 3.8) is 0 Å². The predicted molar refractivity (Wildman–Crippen MR) is 110 cm³/mol. The minimum atomic E-state index is -4.77. The van der Waals surface area contributed by atoms with Gasteiger partial charge in [0.15, 0.2) is 10.8 Å². The molecule has 15 nitrogen and oxygen atoms in total. The standard InChI is InChI=1S/C17H18N8O7S/c1-4-32-15(26)10-8-20-24-14(10)33(28,29)25(11-9-18-5-6-19-11)17(27)23-16-21-12(30-2)7-13(22-16)31-3/h5-9H,4H2,1-3H3,(H,20,24)(H,21,22,23,27). The second kappa shape index (κ2) is 9.86. The lowest BCUT2D eigenvalue weighted by molar-refractivity contribution is 0.0521. The van der Waals surface area contributed by atoms with Gasteiger partial charge < -0.3 is 14.2 Å². The van der Waals surface area contributed by atoms with Gasteiger partial charge in [0, 0.05) is 12.4 Å². The summed E-state index contributed by atoms with van der Waals surface area (Å²) in [5, 5.41) is 7.36. The maximum absolute atomic E-state index is 13.4. The molecule has 0 aliphatic rings. The Morgan fingerprint density at radius 3 is 2.39 bits per heavy atom. The fraction of sp³-hybridized carbons (Fsp3) is 0.235. The molecule has 0 aromatic carbocycles. The molecule has 0 radical (unpaired) electrons. The van der Waals surface area contributed by atoms with Crippen LogP contribution in [0.25, 0.3) is 0 Å². The van der Waals surface area contributed by atoms with Gasteiger partial charge in [0.25, 0.3) is 10.0 Å². The number of nitrogens with zero attached hydrogens (tertiary/aromatic N) is 6. The maximum Gasteiger partial charge on any atom is 0.344 e. The zero-order valence-electron chi connectivity index (χ0n) is 17.5. The molecule has 3 aromatic heterocycles. The molecule has 174 valence electrons. The molecule has 0 spiro atoms. The number of sulfonamides is 1. The smallest absolute Gasteiger partial charge is 0.344 e. The quantitative estimate of drug-likeness (QED) is 0.429. The predicted octanol–water partition coefficient (Wildman–Crippen LogP) is 0.611. The van der Waals surface area contributed by atoms with E-state index < -0.39 is 32.6 Å². The van der Waals surface area contributed by atoms with E-state index in [0.717, 1.165) is 12.4 Å². The highest BCUT2D eigenvalue weighted by atomic mass is 32.2. The van der Waals surface area contributed by atoms with Gasteiger partial charge in [0.1, 0.15) is 5.56 Å². The summed E-state index contributed by atoms with van der Waals surface area (Å²) in [6.45, 7) is 1.54. The van der Waals surface area contributed by atoms with Crippen LogP contribution < -0.4 is 19.1 Å². The van der Waals surface area contributed by atoms with Crippen molar-refractivity contribution in [3.8, 4) is 11.8 Å². The molecule has 33 heavy (non-hydrogen) atoms. The number of nitrogens with one attached hydrogen (secondary N) is 2. The molecule has 16 heteroatoms. The van der Waals surface area contributed by atoms with Crippen molar-refractivity contribution in [2.45, 2.75) is 11.9 Å². The molecule has 0 aliphatic heterocycles. The molecule has 0 fully saturated rings. The number of esters is 1. The summed E-state index contributed by atoms with van der Waals surface area (Å²) in [7, 11) is -2.11. The molecular formula is C17H18N8O7S. The van der Waals surface area contributed by atoms with Crippen LogP contribution in [0.2, 0.25) is 0 Å². The van der Waals surface area contributed by atoms with Gasteiger partial charge in [0.2, 0.25) is 17.7 Å². The van der Waals surface area contributed by atoms with E-state index in [1.807, 2.05) is 0 Å². The highest BCUT2D eigenvalue weighted by molar-refractivity contribution is 7.93. The summed E-state index contributed by atoms with van der Waals surface area (Å²) in [5.41, 5.74) is -0.405. The van der Waals surface area contributed by atoms with Gasteiger partial charge in [-0.25, -0.2) is 14.6 Å². The minimum Gasteiger partial charge on any atom is -0.481 e. The van der Waals surface area contributed by atoms with Crippen LogP contribution >= 0.6 is 0 Å². The number of hydrogen-bond donors (Lipinski definition) is 2. The van der Waals surface area contributed by atoms with E-state index in [0.29, 0.717) is 0 Å². The Kier molecular flexibility index (Phi) is 6.97. The summed E-state index contributed by atoms with van der Waals surface area (Å²) >= 11 is 0. The average molecular weight is 478 g/mol. The molecule has 3 heterocycles. The molecular weight excluding hydrogens is 460 g/mol. The summed E-state index contributed by atoms with van der Waals surface area (Å²) in [6, 6.07) is 0.110.